The zero-order valence-corrected chi connectivity index (χ0v) is 17.8. The van der Waals surface area contributed by atoms with Crippen LogP contribution in [0.5, 0.6) is 5.75 Å². The topological polar surface area (TPSA) is 46.6 Å². The maximum atomic E-state index is 12.9. The second-order valence-electron chi connectivity index (χ2n) is 7.68. The molecular formula is C25H23NO3S. The van der Waals surface area contributed by atoms with Gasteiger partial charge in [-0.3, -0.25) is 14.5 Å². The molecule has 0 bridgehead atoms. The van der Waals surface area contributed by atoms with Crippen molar-refractivity contribution in [1.82, 2.24) is 4.90 Å². The summed E-state index contributed by atoms with van der Waals surface area (Å²) in [7, 11) is 0. The number of hydrogen-bond donors (Lipinski definition) is 0. The summed E-state index contributed by atoms with van der Waals surface area (Å²) in [5, 5.41) is 1.91. The first-order valence-electron chi connectivity index (χ1n) is 9.96. The molecule has 0 aliphatic carbocycles. The minimum atomic E-state index is -0.252. The van der Waals surface area contributed by atoms with Gasteiger partial charge in [0, 0.05) is 0 Å². The number of rotatable bonds is 6. The van der Waals surface area contributed by atoms with E-state index in [9.17, 15) is 9.59 Å². The summed E-state index contributed by atoms with van der Waals surface area (Å²) < 4.78 is 5.69. The van der Waals surface area contributed by atoms with Gasteiger partial charge in [-0.1, -0.05) is 68.4 Å². The van der Waals surface area contributed by atoms with Crippen molar-refractivity contribution < 1.29 is 14.3 Å². The fraction of sp³-hybridized carbons (Fsp3) is 0.200. The Morgan fingerprint density at radius 1 is 0.967 bits per heavy atom. The zero-order valence-electron chi connectivity index (χ0n) is 17.0. The van der Waals surface area contributed by atoms with Crippen molar-refractivity contribution in [1.29, 1.82) is 0 Å². The quantitative estimate of drug-likeness (QED) is 0.454. The number of amides is 2. The van der Waals surface area contributed by atoms with E-state index in [-0.39, 0.29) is 17.7 Å². The van der Waals surface area contributed by atoms with Crippen molar-refractivity contribution in [3.63, 3.8) is 0 Å². The minimum Gasteiger partial charge on any atom is -0.493 e. The molecule has 0 aromatic heterocycles. The van der Waals surface area contributed by atoms with Crippen LogP contribution in [0, 0.1) is 5.92 Å². The lowest BCUT2D eigenvalue weighted by atomic mass is 10.0. The van der Waals surface area contributed by atoms with Gasteiger partial charge in [0.15, 0.2) is 0 Å². The van der Waals surface area contributed by atoms with Gasteiger partial charge in [-0.2, -0.15) is 0 Å². The van der Waals surface area contributed by atoms with E-state index in [0.717, 1.165) is 39.4 Å². The summed E-state index contributed by atoms with van der Waals surface area (Å²) in [4.78, 5) is 27.2. The van der Waals surface area contributed by atoms with Gasteiger partial charge in [-0.25, -0.2) is 0 Å². The minimum absolute atomic E-state index is 0.240. The molecule has 1 heterocycles. The van der Waals surface area contributed by atoms with Crippen molar-refractivity contribution in [2.75, 3.05) is 6.61 Å². The van der Waals surface area contributed by atoms with Crippen LogP contribution in [0.3, 0.4) is 0 Å². The van der Waals surface area contributed by atoms with Crippen LogP contribution in [0.25, 0.3) is 16.8 Å². The van der Waals surface area contributed by atoms with Crippen LogP contribution in [0.2, 0.25) is 0 Å². The summed E-state index contributed by atoms with van der Waals surface area (Å²) >= 11 is 0.987. The molecule has 5 heteroatoms. The number of nitrogens with zero attached hydrogens (tertiary/aromatic N) is 1. The number of carbonyl (C=O) groups excluding carboxylic acids is 2. The van der Waals surface area contributed by atoms with E-state index in [2.05, 4.69) is 13.8 Å². The lowest BCUT2D eigenvalue weighted by Crippen LogP contribution is -2.27. The van der Waals surface area contributed by atoms with Crippen molar-refractivity contribution in [2.24, 2.45) is 5.92 Å². The molecule has 4 rings (SSSR count). The van der Waals surface area contributed by atoms with E-state index in [0.29, 0.717) is 17.4 Å². The molecule has 3 aromatic rings. The number of ether oxygens (including phenoxy) is 1. The summed E-state index contributed by atoms with van der Waals surface area (Å²) in [6, 6.07) is 21.5. The number of hydrogen-bond acceptors (Lipinski definition) is 4. The molecule has 0 spiro atoms. The first-order valence-corrected chi connectivity index (χ1v) is 10.8. The van der Waals surface area contributed by atoms with Crippen LogP contribution in [0.15, 0.2) is 71.6 Å². The molecule has 0 N–H and O–H groups in total. The molecular weight excluding hydrogens is 394 g/mol. The Bertz CT molecular complexity index is 1110. The molecule has 4 nitrogen and oxygen atoms in total. The second kappa shape index (κ2) is 8.76. The average molecular weight is 418 g/mol. The molecule has 1 saturated heterocycles. The second-order valence-corrected chi connectivity index (χ2v) is 8.67. The monoisotopic (exact) mass is 417 g/mol. The van der Waals surface area contributed by atoms with Crippen LogP contribution in [-0.4, -0.2) is 22.7 Å². The molecule has 30 heavy (non-hydrogen) atoms. The van der Waals surface area contributed by atoms with Gasteiger partial charge in [-0.05, 0) is 57.8 Å². The van der Waals surface area contributed by atoms with Crippen molar-refractivity contribution >= 4 is 39.8 Å². The summed E-state index contributed by atoms with van der Waals surface area (Å²) in [6.07, 6.45) is 1.76. The fourth-order valence-corrected chi connectivity index (χ4v) is 4.15. The molecule has 2 amide bonds. The van der Waals surface area contributed by atoms with E-state index in [4.69, 9.17) is 4.74 Å². The van der Waals surface area contributed by atoms with Crippen LogP contribution >= 0.6 is 11.8 Å². The molecule has 1 aliphatic rings. The summed E-state index contributed by atoms with van der Waals surface area (Å²) in [5.41, 5.74) is 1.82. The fourth-order valence-electron chi connectivity index (χ4n) is 3.31. The van der Waals surface area contributed by atoms with Crippen LogP contribution in [0.4, 0.5) is 4.79 Å². The summed E-state index contributed by atoms with van der Waals surface area (Å²) in [6.45, 7) is 5.13. The normalized spacial score (nSPS) is 15.6. The highest BCUT2D eigenvalue weighted by Crippen LogP contribution is 2.34. The van der Waals surface area contributed by atoms with Crippen molar-refractivity contribution in [3.05, 3.63) is 82.8 Å². The zero-order chi connectivity index (χ0) is 21.1. The summed E-state index contributed by atoms with van der Waals surface area (Å²) in [5.74, 6) is 1.00. The smallest absolute Gasteiger partial charge is 0.293 e. The molecule has 0 radical (unpaired) electrons. The van der Waals surface area contributed by atoms with Gasteiger partial charge in [0.05, 0.1) is 18.1 Å². The van der Waals surface area contributed by atoms with Gasteiger partial charge in [0.25, 0.3) is 11.1 Å². The number of fused-ring (bicyclic) bond motifs is 1. The molecule has 0 atom stereocenters. The molecule has 152 valence electrons. The maximum absolute atomic E-state index is 12.9. The lowest BCUT2D eigenvalue weighted by Gasteiger charge is -2.14. The van der Waals surface area contributed by atoms with E-state index in [1.807, 2.05) is 66.7 Å². The predicted molar refractivity (Wildman–Crippen MR) is 122 cm³/mol. The Morgan fingerprint density at radius 3 is 2.47 bits per heavy atom. The Balaban J connectivity index is 1.51. The SMILES string of the molecule is CC(C)COc1ccc(/C=C2/SC(=O)N(Cc3cccc4ccccc34)C2=O)cc1. The van der Waals surface area contributed by atoms with Crippen LogP contribution in [0.1, 0.15) is 25.0 Å². The highest BCUT2D eigenvalue weighted by atomic mass is 32.2. The third-order valence-corrected chi connectivity index (χ3v) is 5.75. The van der Waals surface area contributed by atoms with E-state index < -0.39 is 0 Å². The number of imide groups is 1. The molecule has 1 fully saturated rings. The van der Waals surface area contributed by atoms with Gasteiger partial charge in [0.1, 0.15) is 5.75 Å². The molecule has 0 saturated carbocycles. The van der Waals surface area contributed by atoms with Gasteiger partial charge < -0.3 is 4.74 Å². The predicted octanol–water partition coefficient (Wildman–Crippen LogP) is 6.11. The Hall–Kier alpha value is -3.05. The van der Waals surface area contributed by atoms with Gasteiger partial charge in [0.2, 0.25) is 0 Å². The highest BCUT2D eigenvalue weighted by Gasteiger charge is 2.35. The number of carbonyl (C=O) groups is 2. The van der Waals surface area contributed by atoms with Crippen LogP contribution in [-0.2, 0) is 11.3 Å². The molecule has 0 unspecified atom stereocenters. The Kier molecular flexibility index (Phi) is 5.91. The van der Waals surface area contributed by atoms with Crippen molar-refractivity contribution in [3.8, 4) is 5.75 Å². The first-order chi connectivity index (χ1) is 14.5. The average Bonchev–Trinajstić information content (AvgIpc) is 3.01. The standard InChI is InChI=1S/C25H23NO3S/c1-17(2)16-29-21-12-10-18(11-13-21)14-23-24(27)26(25(28)30-23)15-20-8-5-7-19-6-3-4-9-22(19)20/h3-14,17H,15-16H2,1-2H3/b23-14+. The van der Waals surface area contributed by atoms with Gasteiger partial charge >= 0.3 is 0 Å². The third kappa shape index (κ3) is 4.41. The maximum Gasteiger partial charge on any atom is 0.293 e. The lowest BCUT2D eigenvalue weighted by molar-refractivity contribution is -0.123. The van der Waals surface area contributed by atoms with Crippen molar-refractivity contribution in [2.45, 2.75) is 20.4 Å². The largest absolute Gasteiger partial charge is 0.493 e. The Labute approximate surface area is 180 Å². The number of thioether (sulfide) groups is 1. The van der Waals surface area contributed by atoms with E-state index >= 15 is 0 Å². The third-order valence-electron chi connectivity index (χ3n) is 4.84. The van der Waals surface area contributed by atoms with E-state index in [1.54, 1.807) is 6.08 Å². The number of benzene rings is 3. The molecule has 3 aromatic carbocycles. The molecule has 1 aliphatic heterocycles. The van der Waals surface area contributed by atoms with Gasteiger partial charge in [-0.15, -0.1) is 0 Å². The van der Waals surface area contributed by atoms with E-state index in [1.165, 1.54) is 4.90 Å². The van der Waals surface area contributed by atoms with Crippen LogP contribution < -0.4 is 4.74 Å². The first kappa shape index (κ1) is 20.2. The highest BCUT2D eigenvalue weighted by molar-refractivity contribution is 8.18. The Morgan fingerprint density at radius 2 is 1.70 bits per heavy atom.